The van der Waals surface area contributed by atoms with Crippen LogP contribution in [0.1, 0.15) is 43.0 Å². The first-order chi connectivity index (χ1) is 12.0. The Morgan fingerprint density at radius 2 is 1.76 bits per heavy atom. The number of hydrogen-bond donors (Lipinski definition) is 1. The Kier molecular flexibility index (Phi) is 6.06. The largest absolute Gasteiger partial charge is 0.387 e. The lowest BCUT2D eigenvalue weighted by molar-refractivity contribution is 0.156. The van der Waals surface area contributed by atoms with Crippen LogP contribution in [0.15, 0.2) is 48.5 Å². The number of aromatic nitrogens is 1. The van der Waals surface area contributed by atoms with Crippen molar-refractivity contribution in [1.82, 2.24) is 4.57 Å². The molecule has 2 nitrogen and oxygen atoms in total. The minimum atomic E-state index is -0.442. The van der Waals surface area contributed by atoms with E-state index >= 15 is 0 Å². The van der Waals surface area contributed by atoms with Crippen LogP contribution >= 0.6 is 23.2 Å². The SMILES string of the molecule is Cn1c([C@@H](O)CCCCCc2cccc(Cl)c2)cc2cc(Cl)ccc21. The monoisotopic (exact) mass is 375 g/mol. The average molecular weight is 376 g/mol. The van der Waals surface area contributed by atoms with Crippen LogP contribution in [-0.4, -0.2) is 9.67 Å². The molecule has 0 spiro atoms. The van der Waals surface area contributed by atoms with Crippen molar-refractivity contribution < 1.29 is 5.11 Å². The van der Waals surface area contributed by atoms with Gasteiger partial charge in [0.2, 0.25) is 0 Å². The first-order valence-electron chi connectivity index (χ1n) is 8.72. The number of aliphatic hydroxyl groups excluding tert-OH is 1. The lowest BCUT2D eigenvalue weighted by Crippen LogP contribution is -2.04. The van der Waals surface area contributed by atoms with Gasteiger partial charge < -0.3 is 9.67 Å². The van der Waals surface area contributed by atoms with E-state index in [-0.39, 0.29) is 0 Å². The van der Waals surface area contributed by atoms with Crippen molar-refractivity contribution in [3.8, 4) is 0 Å². The van der Waals surface area contributed by atoms with Gasteiger partial charge in [-0.2, -0.15) is 0 Å². The molecule has 0 saturated carbocycles. The zero-order valence-corrected chi connectivity index (χ0v) is 15.9. The van der Waals surface area contributed by atoms with Gasteiger partial charge in [0.05, 0.1) is 6.10 Å². The lowest BCUT2D eigenvalue weighted by atomic mass is 10.0. The van der Waals surface area contributed by atoms with E-state index in [1.807, 2.05) is 49.5 Å². The van der Waals surface area contributed by atoms with Crippen LogP contribution in [0.25, 0.3) is 10.9 Å². The Morgan fingerprint density at radius 3 is 2.56 bits per heavy atom. The van der Waals surface area contributed by atoms with Crippen LogP contribution in [-0.2, 0) is 13.5 Å². The second-order valence-corrected chi connectivity index (χ2v) is 7.45. The zero-order valence-electron chi connectivity index (χ0n) is 14.4. The summed E-state index contributed by atoms with van der Waals surface area (Å²) in [6.07, 6.45) is 4.57. The van der Waals surface area contributed by atoms with Crippen molar-refractivity contribution in [1.29, 1.82) is 0 Å². The second kappa shape index (κ2) is 8.27. The Hall–Kier alpha value is -1.48. The van der Waals surface area contributed by atoms with Gasteiger partial charge in [0.1, 0.15) is 0 Å². The van der Waals surface area contributed by atoms with Gasteiger partial charge in [-0.15, -0.1) is 0 Å². The summed E-state index contributed by atoms with van der Waals surface area (Å²) in [4.78, 5) is 0. The molecule has 25 heavy (non-hydrogen) atoms. The maximum Gasteiger partial charge on any atom is 0.0940 e. The number of benzene rings is 2. The molecule has 2 aromatic carbocycles. The molecule has 0 aliphatic heterocycles. The topological polar surface area (TPSA) is 25.2 Å². The van der Waals surface area contributed by atoms with Crippen LogP contribution < -0.4 is 0 Å². The van der Waals surface area contributed by atoms with E-state index in [0.29, 0.717) is 0 Å². The number of fused-ring (bicyclic) bond motifs is 1. The van der Waals surface area contributed by atoms with Gasteiger partial charge in [-0.1, -0.05) is 48.2 Å². The normalized spacial score (nSPS) is 12.6. The summed E-state index contributed by atoms with van der Waals surface area (Å²) in [5.41, 5.74) is 3.32. The van der Waals surface area contributed by atoms with Crippen molar-refractivity contribution in [2.24, 2.45) is 7.05 Å². The first kappa shape index (κ1) is 18.3. The fourth-order valence-corrected chi connectivity index (χ4v) is 3.74. The summed E-state index contributed by atoms with van der Waals surface area (Å²) in [5, 5.41) is 13.1. The molecule has 0 amide bonds. The maximum atomic E-state index is 10.6. The quantitative estimate of drug-likeness (QED) is 0.480. The molecule has 0 saturated heterocycles. The smallest absolute Gasteiger partial charge is 0.0940 e. The summed E-state index contributed by atoms with van der Waals surface area (Å²) in [5.74, 6) is 0. The third-order valence-electron chi connectivity index (χ3n) is 4.72. The van der Waals surface area contributed by atoms with E-state index in [2.05, 4.69) is 10.6 Å². The van der Waals surface area contributed by atoms with E-state index in [0.717, 1.165) is 58.7 Å². The van der Waals surface area contributed by atoms with Crippen molar-refractivity contribution in [3.05, 3.63) is 69.8 Å². The van der Waals surface area contributed by atoms with Crippen molar-refractivity contribution >= 4 is 34.1 Å². The molecule has 1 atom stereocenters. The highest BCUT2D eigenvalue weighted by atomic mass is 35.5. The summed E-state index contributed by atoms with van der Waals surface area (Å²) in [7, 11) is 1.99. The highest BCUT2D eigenvalue weighted by Gasteiger charge is 2.14. The third kappa shape index (κ3) is 4.58. The molecule has 0 bridgehead atoms. The average Bonchev–Trinajstić information content (AvgIpc) is 2.90. The molecule has 0 aliphatic carbocycles. The van der Waals surface area contributed by atoms with Crippen LogP contribution in [0.2, 0.25) is 10.0 Å². The predicted molar refractivity (Wildman–Crippen MR) is 107 cm³/mol. The van der Waals surface area contributed by atoms with Gasteiger partial charge in [0.15, 0.2) is 0 Å². The van der Waals surface area contributed by atoms with E-state index < -0.39 is 6.10 Å². The minimum Gasteiger partial charge on any atom is -0.387 e. The van der Waals surface area contributed by atoms with E-state index in [1.54, 1.807) is 0 Å². The van der Waals surface area contributed by atoms with Crippen LogP contribution in [0.4, 0.5) is 0 Å². The molecule has 0 unspecified atom stereocenters. The molecule has 0 fully saturated rings. The molecule has 1 N–H and O–H groups in total. The summed E-state index contributed by atoms with van der Waals surface area (Å²) < 4.78 is 2.06. The fraction of sp³-hybridized carbons (Fsp3) is 0.333. The maximum absolute atomic E-state index is 10.6. The minimum absolute atomic E-state index is 0.442. The van der Waals surface area contributed by atoms with Crippen molar-refractivity contribution in [2.45, 2.75) is 38.2 Å². The van der Waals surface area contributed by atoms with Crippen molar-refractivity contribution in [2.75, 3.05) is 0 Å². The summed E-state index contributed by atoms with van der Waals surface area (Å²) in [6.45, 7) is 0. The van der Waals surface area contributed by atoms with E-state index in [9.17, 15) is 5.11 Å². The molecule has 0 aliphatic rings. The van der Waals surface area contributed by atoms with Crippen LogP contribution in [0.3, 0.4) is 0 Å². The highest BCUT2D eigenvalue weighted by molar-refractivity contribution is 6.31. The Bertz CT molecular complexity index is 856. The number of unbranched alkanes of at least 4 members (excludes halogenated alkanes) is 2. The third-order valence-corrected chi connectivity index (χ3v) is 5.19. The van der Waals surface area contributed by atoms with Gasteiger partial charge in [0.25, 0.3) is 0 Å². The number of aliphatic hydroxyl groups is 1. The standard InChI is InChI=1S/C21H23Cl2NO/c1-24-19-11-10-18(23)13-16(19)14-20(24)21(25)9-4-2-3-6-15-7-5-8-17(22)12-15/h5,7-8,10-14,21,25H,2-4,6,9H2,1H3/t21-/m0/s1. The summed E-state index contributed by atoms with van der Waals surface area (Å²) in [6, 6.07) is 15.9. The van der Waals surface area contributed by atoms with Crippen molar-refractivity contribution in [3.63, 3.8) is 0 Å². The number of rotatable bonds is 7. The summed E-state index contributed by atoms with van der Waals surface area (Å²) >= 11 is 12.1. The molecular weight excluding hydrogens is 353 g/mol. The number of nitrogens with zero attached hydrogens (tertiary/aromatic N) is 1. The van der Waals surface area contributed by atoms with Crippen LogP contribution in [0.5, 0.6) is 0 Å². The molecule has 0 radical (unpaired) electrons. The van der Waals surface area contributed by atoms with Gasteiger partial charge in [-0.25, -0.2) is 0 Å². The molecule has 132 valence electrons. The molecule has 1 heterocycles. The van der Waals surface area contributed by atoms with Gasteiger partial charge in [0, 0.05) is 33.7 Å². The predicted octanol–water partition coefficient (Wildman–Crippen LogP) is 6.32. The van der Waals surface area contributed by atoms with Gasteiger partial charge in [-0.3, -0.25) is 0 Å². The second-order valence-electron chi connectivity index (χ2n) is 6.58. The molecule has 3 aromatic rings. The zero-order chi connectivity index (χ0) is 17.8. The first-order valence-corrected chi connectivity index (χ1v) is 9.47. The molecule has 4 heteroatoms. The van der Waals surface area contributed by atoms with Gasteiger partial charge >= 0.3 is 0 Å². The Morgan fingerprint density at radius 1 is 0.960 bits per heavy atom. The number of halogens is 2. The van der Waals surface area contributed by atoms with Crippen LogP contribution in [0, 0.1) is 0 Å². The fourth-order valence-electron chi connectivity index (χ4n) is 3.35. The molecule has 1 aromatic heterocycles. The molecule has 3 rings (SSSR count). The lowest BCUT2D eigenvalue weighted by Gasteiger charge is -2.12. The highest BCUT2D eigenvalue weighted by Crippen LogP contribution is 2.28. The van der Waals surface area contributed by atoms with E-state index in [4.69, 9.17) is 23.2 Å². The Labute approximate surface area is 159 Å². The Balaban J connectivity index is 1.51. The number of aryl methyl sites for hydroxylation is 2. The number of hydrogen-bond acceptors (Lipinski definition) is 1. The van der Waals surface area contributed by atoms with Gasteiger partial charge in [-0.05, 0) is 61.2 Å². The molecular formula is C21H23Cl2NO. The van der Waals surface area contributed by atoms with E-state index in [1.165, 1.54) is 5.56 Å².